The van der Waals surface area contributed by atoms with Crippen molar-refractivity contribution in [3.05, 3.63) is 32.5 Å². The Balaban J connectivity index is 2.46. The Morgan fingerprint density at radius 2 is 2.27 bits per heavy atom. The number of nitrogens with two attached hydrogens (primary N) is 1. The van der Waals surface area contributed by atoms with E-state index in [0.717, 1.165) is 12.8 Å². The van der Waals surface area contributed by atoms with E-state index in [9.17, 15) is 10.1 Å². The zero-order valence-electron chi connectivity index (χ0n) is 7.89. The topological polar surface area (TPSA) is 82.0 Å². The van der Waals surface area contributed by atoms with Crippen LogP contribution in [0.15, 0.2) is 16.9 Å². The largest absolute Gasteiger partial charge is 0.323 e. The predicted octanol–water partition coefficient (Wildman–Crippen LogP) is 2.16. The highest BCUT2D eigenvalue weighted by Gasteiger charge is 2.34. The highest BCUT2D eigenvalue weighted by atomic mass is 79.9. The fourth-order valence-electron chi connectivity index (χ4n) is 1.60. The van der Waals surface area contributed by atoms with E-state index in [4.69, 9.17) is 5.73 Å². The first-order chi connectivity index (χ1) is 7.11. The molecule has 5 nitrogen and oxygen atoms in total. The molecule has 1 fully saturated rings. The summed E-state index contributed by atoms with van der Waals surface area (Å²) in [5.74, 6) is 0.377. The van der Waals surface area contributed by atoms with Gasteiger partial charge in [-0.3, -0.25) is 15.1 Å². The van der Waals surface area contributed by atoms with Crippen molar-refractivity contribution in [3.8, 4) is 0 Å². The lowest BCUT2D eigenvalue weighted by Crippen LogP contribution is -2.15. The second-order valence-electron chi connectivity index (χ2n) is 3.67. The molecule has 0 amide bonds. The Morgan fingerprint density at radius 1 is 1.60 bits per heavy atom. The minimum Gasteiger partial charge on any atom is -0.323 e. The molecule has 1 aromatic heterocycles. The van der Waals surface area contributed by atoms with Gasteiger partial charge in [-0.25, -0.2) is 0 Å². The monoisotopic (exact) mass is 271 g/mol. The van der Waals surface area contributed by atoms with Gasteiger partial charge in [-0.15, -0.1) is 0 Å². The lowest BCUT2D eigenvalue weighted by molar-refractivity contribution is -0.386. The number of rotatable bonds is 3. The van der Waals surface area contributed by atoms with Crippen molar-refractivity contribution < 1.29 is 4.92 Å². The van der Waals surface area contributed by atoms with Gasteiger partial charge in [0.15, 0.2) is 0 Å². The van der Waals surface area contributed by atoms with Gasteiger partial charge in [-0.05, 0) is 34.7 Å². The zero-order chi connectivity index (χ0) is 11.0. The molecule has 2 rings (SSSR count). The summed E-state index contributed by atoms with van der Waals surface area (Å²) >= 11 is 3.27. The molecule has 2 N–H and O–H groups in total. The van der Waals surface area contributed by atoms with E-state index < -0.39 is 4.92 Å². The third kappa shape index (κ3) is 2.00. The van der Waals surface area contributed by atoms with Crippen LogP contribution in [0, 0.1) is 16.0 Å². The van der Waals surface area contributed by atoms with Crippen molar-refractivity contribution >= 4 is 21.6 Å². The molecular formula is C9H10BrN3O2. The van der Waals surface area contributed by atoms with Crippen LogP contribution < -0.4 is 5.73 Å². The van der Waals surface area contributed by atoms with Crippen LogP contribution in [-0.2, 0) is 0 Å². The maximum atomic E-state index is 10.8. The number of hydrogen-bond acceptors (Lipinski definition) is 4. The van der Waals surface area contributed by atoms with E-state index in [1.807, 2.05) is 0 Å². The lowest BCUT2D eigenvalue weighted by atomic mass is 10.0. The Bertz CT molecular complexity index is 406. The first kappa shape index (κ1) is 10.5. The summed E-state index contributed by atoms with van der Waals surface area (Å²) in [7, 11) is 0. The fraction of sp³-hybridized carbons (Fsp3) is 0.444. The van der Waals surface area contributed by atoms with E-state index in [1.165, 1.54) is 6.20 Å². The first-order valence-corrected chi connectivity index (χ1v) is 5.44. The molecule has 0 bridgehead atoms. The molecule has 1 saturated carbocycles. The van der Waals surface area contributed by atoms with Gasteiger partial charge >= 0.3 is 0 Å². The van der Waals surface area contributed by atoms with E-state index in [0.29, 0.717) is 16.0 Å². The van der Waals surface area contributed by atoms with Gasteiger partial charge in [0.1, 0.15) is 6.20 Å². The highest BCUT2D eigenvalue weighted by Crippen LogP contribution is 2.43. The molecule has 1 unspecified atom stereocenters. The van der Waals surface area contributed by atoms with Crippen LogP contribution in [0.5, 0.6) is 0 Å². The van der Waals surface area contributed by atoms with Gasteiger partial charge in [0.25, 0.3) is 5.69 Å². The van der Waals surface area contributed by atoms with Gasteiger partial charge < -0.3 is 5.73 Å². The second kappa shape index (κ2) is 3.86. The van der Waals surface area contributed by atoms with Crippen LogP contribution in [0.25, 0.3) is 0 Å². The van der Waals surface area contributed by atoms with Gasteiger partial charge in [-0.1, -0.05) is 0 Å². The van der Waals surface area contributed by atoms with Crippen molar-refractivity contribution in [1.29, 1.82) is 0 Å². The van der Waals surface area contributed by atoms with Crippen molar-refractivity contribution in [3.63, 3.8) is 0 Å². The van der Waals surface area contributed by atoms with Crippen LogP contribution in [0.2, 0.25) is 0 Å². The molecule has 1 aliphatic carbocycles. The normalized spacial score (nSPS) is 17.5. The number of aromatic nitrogens is 1. The van der Waals surface area contributed by atoms with Gasteiger partial charge in [0.05, 0.1) is 10.5 Å². The standard InChI is InChI=1S/C9H10BrN3O2/c10-6-3-12-4-7(13(14)15)8(6)9(11)5-1-2-5/h3-5,9H,1-2,11H2. The minimum absolute atomic E-state index is 0.00350. The summed E-state index contributed by atoms with van der Waals surface area (Å²) in [6.45, 7) is 0. The third-order valence-corrected chi connectivity index (χ3v) is 3.21. The van der Waals surface area contributed by atoms with E-state index in [1.54, 1.807) is 6.20 Å². The smallest absolute Gasteiger partial charge is 0.293 e. The van der Waals surface area contributed by atoms with Crippen molar-refractivity contribution in [1.82, 2.24) is 4.98 Å². The second-order valence-corrected chi connectivity index (χ2v) is 4.53. The quantitative estimate of drug-likeness (QED) is 0.675. The lowest BCUT2D eigenvalue weighted by Gasteiger charge is -2.12. The van der Waals surface area contributed by atoms with Crippen LogP contribution in [0.3, 0.4) is 0 Å². The average molecular weight is 272 g/mol. The molecule has 0 aliphatic heterocycles. The molecule has 0 spiro atoms. The molecular weight excluding hydrogens is 262 g/mol. The Labute approximate surface area is 95.0 Å². The molecule has 1 aliphatic rings. The summed E-state index contributed by atoms with van der Waals surface area (Å²) in [6.07, 6.45) is 4.90. The molecule has 6 heteroatoms. The van der Waals surface area contributed by atoms with E-state index in [-0.39, 0.29) is 11.7 Å². The van der Waals surface area contributed by atoms with Crippen LogP contribution in [-0.4, -0.2) is 9.91 Å². The number of pyridine rings is 1. The van der Waals surface area contributed by atoms with Gasteiger partial charge in [0.2, 0.25) is 0 Å². The third-order valence-electron chi connectivity index (χ3n) is 2.58. The van der Waals surface area contributed by atoms with E-state index >= 15 is 0 Å². The van der Waals surface area contributed by atoms with Gasteiger partial charge in [-0.2, -0.15) is 0 Å². The summed E-state index contributed by atoms with van der Waals surface area (Å²) < 4.78 is 0.621. The Morgan fingerprint density at radius 3 is 2.80 bits per heavy atom. The average Bonchev–Trinajstić information content (AvgIpc) is 2.99. The number of halogens is 1. The minimum atomic E-state index is -0.435. The molecule has 15 heavy (non-hydrogen) atoms. The number of nitro groups is 1. The molecule has 1 aromatic rings. The maximum Gasteiger partial charge on any atom is 0.293 e. The first-order valence-electron chi connectivity index (χ1n) is 4.64. The fourth-order valence-corrected chi connectivity index (χ4v) is 2.19. The highest BCUT2D eigenvalue weighted by molar-refractivity contribution is 9.10. The number of nitrogens with zero attached hydrogens (tertiary/aromatic N) is 2. The molecule has 1 heterocycles. The zero-order valence-corrected chi connectivity index (χ0v) is 9.48. The summed E-state index contributed by atoms with van der Waals surface area (Å²) in [5, 5.41) is 10.8. The maximum absolute atomic E-state index is 10.8. The Hall–Kier alpha value is -1.01. The number of hydrogen-bond donors (Lipinski definition) is 1. The Kier molecular flexibility index (Phi) is 2.70. The van der Waals surface area contributed by atoms with E-state index in [2.05, 4.69) is 20.9 Å². The summed E-state index contributed by atoms with van der Waals surface area (Å²) in [5.41, 5.74) is 6.55. The van der Waals surface area contributed by atoms with Crippen molar-refractivity contribution in [2.75, 3.05) is 0 Å². The van der Waals surface area contributed by atoms with Gasteiger partial charge in [0, 0.05) is 16.7 Å². The predicted molar refractivity (Wildman–Crippen MR) is 58.2 cm³/mol. The molecule has 0 saturated heterocycles. The molecule has 80 valence electrons. The molecule has 1 atom stereocenters. The molecule has 0 radical (unpaired) electrons. The van der Waals surface area contributed by atoms with Crippen molar-refractivity contribution in [2.45, 2.75) is 18.9 Å². The van der Waals surface area contributed by atoms with Crippen LogP contribution in [0.1, 0.15) is 24.4 Å². The summed E-state index contributed by atoms with van der Waals surface area (Å²) in [4.78, 5) is 14.2. The van der Waals surface area contributed by atoms with Crippen molar-refractivity contribution in [2.24, 2.45) is 11.7 Å². The SMILES string of the molecule is NC(c1c(Br)cncc1[N+](=O)[O-])C1CC1. The summed E-state index contributed by atoms with van der Waals surface area (Å²) in [6, 6.07) is -0.261. The van der Waals surface area contributed by atoms with Crippen LogP contribution in [0.4, 0.5) is 5.69 Å². The van der Waals surface area contributed by atoms with Crippen LogP contribution >= 0.6 is 15.9 Å². The molecule has 0 aromatic carbocycles.